The molecule has 1 fully saturated rings. The summed E-state index contributed by atoms with van der Waals surface area (Å²) in [6.07, 6.45) is 3.36. The van der Waals surface area contributed by atoms with Crippen molar-refractivity contribution < 1.29 is 4.92 Å². The summed E-state index contributed by atoms with van der Waals surface area (Å²) in [5.41, 5.74) is -0.0951. The van der Waals surface area contributed by atoms with Crippen molar-refractivity contribution in [1.82, 2.24) is 10.3 Å². The Morgan fingerprint density at radius 1 is 1.65 bits per heavy atom. The van der Waals surface area contributed by atoms with E-state index in [1.54, 1.807) is 0 Å². The molecule has 1 aromatic heterocycles. The van der Waals surface area contributed by atoms with Crippen molar-refractivity contribution >= 4 is 23.1 Å². The Morgan fingerprint density at radius 3 is 3.06 bits per heavy atom. The lowest BCUT2D eigenvalue weighted by atomic mass is 10.1. The highest BCUT2D eigenvalue weighted by Crippen LogP contribution is 2.25. The minimum Gasteiger partial charge on any atom is -0.365 e. The molecule has 1 saturated heterocycles. The van der Waals surface area contributed by atoms with E-state index in [2.05, 4.69) is 15.6 Å². The molecule has 17 heavy (non-hydrogen) atoms. The summed E-state index contributed by atoms with van der Waals surface area (Å²) in [6, 6.07) is 1.59. The molecule has 0 aromatic carbocycles. The van der Waals surface area contributed by atoms with Gasteiger partial charge >= 0.3 is 0 Å². The molecule has 0 spiro atoms. The van der Waals surface area contributed by atoms with E-state index in [0.29, 0.717) is 5.82 Å². The minimum atomic E-state index is -0.509. The highest BCUT2D eigenvalue weighted by atomic mass is 35.5. The Labute approximate surface area is 104 Å². The smallest absolute Gasteiger partial charge is 0.289 e. The summed E-state index contributed by atoms with van der Waals surface area (Å²) in [5.74, 6) is 0.506. The van der Waals surface area contributed by atoms with E-state index in [4.69, 9.17) is 11.6 Å². The van der Waals surface area contributed by atoms with Crippen LogP contribution in [0.3, 0.4) is 0 Å². The van der Waals surface area contributed by atoms with Crippen molar-refractivity contribution in [3.8, 4) is 0 Å². The molecule has 1 aliphatic rings. The number of nitrogens with zero attached hydrogens (tertiary/aromatic N) is 2. The first-order valence-electron chi connectivity index (χ1n) is 5.44. The molecule has 2 heterocycles. The van der Waals surface area contributed by atoms with Gasteiger partial charge in [0, 0.05) is 18.7 Å². The zero-order valence-electron chi connectivity index (χ0n) is 9.15. The van der Waals surface area contributed by atoms with Gasteiger partial charge in [-0.15, -0.1) is 0 Å². The molecule has 0 saturated carbocycles. The van der Waals surface area contributed by atoms with Crippen molar-refractivity contribution in [2.24, 2.45) is 0 Å². The van der Waals surface area contributed by atoms with Crippen LogP contribution in [-0.2, 0) is 0 Å². The van der Waals surface area contributed by atoms with Gasteiger partial charge in [0.2, 0.25) is 0 Å². The third-order valence-electron chi connectivity index (χ3n) is 2.68. The molecule has 1 aromatic rings. The molecule has 0 aliphatic carbocycles. The number of anilines is 1. The van der Waals surface area contributed by atoms with Gasteiger partial charge in [-0.05, 0) is 19.4 Å². The third-order valence-corrected chi connectivity index (χ3v) is 2.96. The molecular formula is C10H13ClN4O2. The van der Waals surface area contributed by atoms with Crippen LogP contribution in [0.1, 0.15) is 12.8 Å². The molecule has 92 valence electrons. The Hall–Kier alpha value is -1.40. The van der Waals surface area contributed by atoms with Gasteiger partial charge in [-0.3, -0.25) is 10.1 Å². The van der Waals surface area contributed by atoms with E-state index in [-0.39, 0.29) is 16.8 Å². The van der Waals surface area contributed by atoms with Gasteiger partial charge in [-0.2, -0.15) is 0 Å². The Balaban J connectivity index is 2.08. The number of pyridine rings is 1. The molecule has 2 N–H and O–H groups in total. The summed E-state index contributed by atoms with van der Waals surface area (Å²) < 4.78 is 0. The number of hydrogen-bond donors (Lipinski definition) is 2. The summed E-state index contributed by atoms with van der Waals surface area (Å²) in [5, 5.41) is 17.3. The predicted molar refractivity (Wildman–Crippen MR) is 65.4 cm³/mol. The van der Waals surface area contributed by atoms with Crippen LogP contribution in [0.25, 0.3) is 0 Å². The summed E-state index contributed by atoms with van der Waals surface area (Å²) in [6.45, 7) is 1.88. The van der Waals surface area contributed by atoms with Crippen molar-refractivity contribution in [3.05, 3.63) is 27.4 Å². The molecule has 7 heteroatoms. The number of aromatic nitrogens is 1. The van der Waals surface area contributed by atoms with Crippen LogP contribution in [0.4, 0.5) is 11.5 Å². The van der Waals surface area contributed by atoms with Gasteiger partial charge in [-0.25, -0.2) is 4.98 Å². The van der Waals surface area contributed by atoms with E-state index in [1.807, 2.05) is 0 Å². The van der Waals surface area contributed by atoms with Gasteiger partial charge in [0.05, 0.1) is 9.95 Å². The van der Waals surface area contributed by atoms with Crippen molar-refractivity contribution in [3.63, 3.8) is 0 Å². The Bertz CT molecular complexity index is 421. The first kappa shape index (κ1) is 12.1. The monoisotopic (exact) mass is 256 g/mol. The molecule has 6 nitrogen and oxygen atoms in total. The predicted octanol–water partition coefficient (Wildman–Crippen LogP) is 1.81. The molecule has 0 amide bonds. The summed E-state index contributed by atoms with van der Waals surface area (Å²) in [7, 11) is 0. The average molecular weight is 257 g/mol. The van der Waals surface area contributed by atoms with E-state index >= 15 is 0 Å². The standard InChI is InChI=1S/C10H13ClN4O2/c11-9-4-8(15(16)17)6-13-10(9)14-7-2-1-3-12-5-7/h4,6-7,12H,1-3,5H2,(H,13,14). The third kappa shape index (κ3) is 3.04. The molecular weight excluding hydrogens is 244 g/mol. The van der Waals surface area contributed by atoms with E-state index in [9.17, 15) is 10.1 Å². The van der Waals surface area contributed by atoms with E-state index < -0.39 is 4.92 Å². The largest absolute Gasteiger partial charge is 0.365 e. The SMILES string of the molecule is O=[N+]([O-])c1cnc(NC2CCCNC2)c(Cl)c1. The van der Waals surface area contributed by atoms with Gasteiger partial charge < -0.3 is 10.6 Å². The van der Waals surface area contributed by atoms with Crippen molar-refractivity contribution in [1.29, 1.82) is 0 Å². The van der Waals surface area contributed by atoms with Gasteiger partial charge in [-0.1, -0.05) is 11.6 Å². The van der Waals surface area contributed by atoms with Crippen molar-refractivity contribution in [2.45, 2.75) is 18.9 Å². The normalized spacial score (nSPS) is 19.9. The van der Waals surface area contributed by atoms with Crippen LogP contribution in [0.5, 0.6) is 0 Å². The maximum absolute atomic E-state index is 10.5. The zero-order valence-corrected chi connectivity index (χ0v) is 9.91. The van der Waals surface area contributed by atoms with Gasteiger partial charge in [0.15, 0.2) is 0 Å². The second-order valence-corrected chi connectivity index (χ2v) is 4.38. The number of piperidine rings is 1. The number of nitro groups is 1. The lowest BCUT2D eigenvalue weighted by molar-refractivity contribution is -0.385. The maximum Gasteiger partial charge on any atom is 0.289 e. The van der Waals surface area contributed by atoms with Gasteiger partial charge in [0.25, 0.3) is 5.69 Å². The fraction of sp³-hybridized carbons (Fsp3) is 0.500. The van der Waals surface area contributed by atoms with Gasteiger partial charge in [0.1, 0.15) is 12.0 Å². The quantitative estimate of drug-likeness (QED) is 0.637. The molecule has 0 radical (unpaired) electrons. The molecule has 1 atom stereocenters. The Kier molecular flexibility index (Phi) is 3.75. The first-order valence-corrected chi connectivity index (χ1v) is 5.82. The maximum atomic E-state index is 10.5. The number of nitrogens with one attached hydrogen (secondary N) is 2. The first-order chi connectivity index (χ1) is 8.16. The van der Waals surface area contributed by atoms with E-state index in [0.717, 1.165) is 25.9 Å². The summed E-state index contributed by atoms with van der Waals surface area (Å²) >= 11 is 5.94. The zero-order chi connectivity index (χ0) is 12.3. The van der Waals surface area contributed by atoms with Crippen molar-refractivity contribution in [2.75, 3.05) is 18.4 Å². The Morgan fingerprint density at radius 2 is 2.47 bits per heavy atom. The van der Waals surface area contributed by atoms with Crippen LogP contribution in [0.2, 0.25) is 5.02 Å². The number of halogens is 1. The van der Waals surface area contributed by atoms with Crippen LogP contribution < -0.4 is 10.6 Å². The van der Waals surface area contributed by atoms with E-state index in [1.165, 1.54) is 12.3 Å². The lowest BCUT2D eigenvalue weighted by Crippen LogP contribution is -2.38. The van der Waals surface area contributed by atoms with Crippen LogP contribution >= 0.6 is 11.6 Å². The lowest BCUT2D eigenvalue weighted by Gasteiger charge is -2.24. The fourth-order valence-corrected chi connectivity index (χ4v) is 2.02. The summed E-state index contributed by atoms with van der Waals surface area (Å²) in [4.78, 5) is 14.0. The van der Waals surface area contributed by atoms with Crippen LogP contribution in [-0.4, -0.2) is 29.0 Å². The topological polar surface area (TPSA) is 80.1 Å². The van der Waals surface area contributed by atoms with Crippen LogP contribution in [0, 0.1) is 10.1 Å². The second kappa shape index (κ2) is 5.29. The minimum absolute atomic E-state index is 0.0951. The highest BCUT2D eigenvalue weighted by molar-refractivity contribution is 6.33. The van der Waals surface area contributed by atoms with Crippen LogP contribution in [0.15, 0.2) is 12.3 Å². The number of rotatable bonds is 3. The molecule has 0 bridgehead atoms. The molecule has 1 unspecified atom stereocenters. The number of hydrogen-bond acceptors (Lipinski definition) is 5. The molecule has 2 rings (SSSR count). The average Bonchev–Trinajstić information content (AvgIpc) is 2.33. The highest BCUT2D eigenvalue weighted by Gasteiger charge is 2.16. The molecule has 1 aliphatic heterocycles. The fourth-order valence-electron chi connectivity index (χ4n) is 1.80. The second-order valence-electron chi connectivity index (χ2n) is 3.97.